The number of rotatable bonds is 3. The van der Waals surface area contributed by atoms with Gasteiger partial charge in [0.25, 0.3) is 0 Å². The number of aromatic amines is 1. The average molecular weight is 150 g/mol. The first kappa shape index (κ1) is 7.61. The molecule has 0 radical (unpaired) electrons. The summed E-state index contributed by atoms with van der Waals surface area (Å²) in [7, 11) is 0. The summed E-state index contributed by atoms with van der Waals surface area (Å²) in [6.45, 7) is 0. The third kappa shape index (κ3) is 2.30. The normalized spacial score (nSPS) is 9.36. The Balaban J connectivity index is 2.34. The topological polar surface area (TPSA) is 78.5 Å². The molecule has 4 heteroatoms. The Hall–Kier alpha value is -1.50. The molecule has 0 aliphatic rings. The molecule has 0 spiro atoms. The summed E-state index contributed by atoms with van der Waals surface area (Å²) in [5, 5.41) is 8.25. The fraction of sp³-hybridized carbons (Fsp3) is 0.429. The Morgan fingerprint density at radius 2 is 2.55 bits per heavy atom. The molecule has 1 aromatic rings. The standard InChI is InChI=1S/C7H10N4/c8-4-2-1-3-6-5-10-7(9)11-6/h5H,1-3H2,(H3,9,10,11). The van der Waals surface area contributed by atoms with Crippen LogP contribution in [-0.2, 0) is 6.42 Å². The maximum atomic E-state index is 8.25. The first-order valence-corrected chi connectivity index (χ1v) is 3.49. The SMILES string of the molecule is N#CCCCc1cnc(N)[nH]1. The minimum Gasteiger partial charge on any atom is -0.369 e. The summed E-state index contributed by atoms with van der Waals surface area (Å²) in [5.41, 5.74) is 6.35. The molecule has 0 saturated heterocycles. The van der Waals surface area contributed by atoms with Crippen LogP contribution in [0.1, 0.15) is 18.5 Å². The van der Waals surface area contributed by atoms with Crippen molar-refractivity contribution in [2.75, 3.05) is 5.73 Å². The molecule has 0 aliphatic carbocycles. The molecule has 58 valence electrons. The van der Waals surface area contributed by atoms with Gasteiger partial charge >= 0.3 is 0 Å². The third-order valence-corrected chi connectivity index (χ3v) is 1.38. The Kier molecular flexibility index (Phi) is 2.50. The highest BCUT2D eigenvalue weighted by Crippen LogP contribution is 2.02. The summed E-state index contributed by atoms with van der Waals surface area (Å²) in [6, 6.07) is 2.08. The Labute approximate surface area is 65.1 Å². The van der Waals surface area contributed by atoms with E-state index in [0.29, 0.717) is 12.4 Å². The number of nitrogens with two attached hydrogens (primary N) is 1. The summed E-state index contributed by atoms with van der Waals surface area (Å²) in [4.78, 5) is 6.73. The maximum absolute atomic E-state index is 8.25. The van der Waals surface area contributed by atoms with Crippen LogP contribution in [0.2, 0.25) is 0 Å². The van der Waals surface area contributed by atoms with Crippen LogP contribution in [-0.4, -0.2) is 9.97 Å². The number of nitrogens with zero attached hydrogens (tertiary/aromatic N) is 2. The molecule has 0 bridgehead atoms. The van der Waals surface area contributed by atoms with Gasteiger partial charge in [0.15, 0.2) is 5.95 Å². The minimum atomic E-state index is 0.442. The predicted molar refractivity (Wildman–Crippen MR) is 41.6 cm³/mol. The van der Waals surface area contributed by atoms with Crippen molar-refractivity contribution in [2.24, 2.45) is 0 Å². The van der Waals surface area contributed by atoms with Gasteiger partial charge in [-0.2, -0.15) is 5.26 Å². The highest BCUT2D eigenvalue weighted by atomic mass is 15.0. The van der Waals surface area contributed by atoms with Gasteiger partial charge in [-0.1, -0.05) is 0 Å². The van der Waals surface area contributed by atoms with Crippen molar-refractivity contribution < 1.29 is 0 Å². The molecule has 1 heterocycles. The van der Waals surface area contributed by atoms with Gasteiger partial charge in [-0.15, -0.1) is 0 Å². The van der Waals surface area contributed by atoms with E-state index in [4.69, 9.17) is 11.0 Å². The van der Waals surface area contributed by atoms with Gasteiger partial charge in [-0.05, 0) is 12.8 Å². The van der Waals surface area contributed by atoms with Crippen molar-refractivity contribution >= 4 is 5.95 Å². The first-order chi connectivity index (χ1) is 5.33. The fourth-order valence-corrected chi connectivity index (χ4v) is 0.861. The predicted octanol–water partition coefficient (Wildman–Crippen LogP) is 0.838. The molecule has 11 heavy (non-hydrogen) atoms. The van der Waals surface area contributed by atoms with Crippen LogP contribution in [0, 0.1) is 11.3 Å². The van der Waals surface area contributed by atoms with Crippen molar-refractivity contribution in [3.63, 3.8) is 0 Å². The molecule has 1 rings (SSSR count). The number of hydrogen-bond donors (Lipinski definition) is 2. The van der Waals surface area contributed by atoms with Gasteiger partial charge in [0.2, 0.25) is 0 Å². The summed E-state index contributed by atoms with van der Waals surface area (Å²) >= 11 is 0. The molecule has 1 aromatic heterocycles. The van der Waals surface area contributed by atoms with E-state index in [9.17, 15) is 0 Å². The lowest BCUT2D eigenvalue weighted by atomic mass is 10.2. The monoisotopic (exact) mass is 150 g/mol. The van der Waals surface area contributed by atoms with Gasteiger partial charge in [0.1, 0.15) is 0 Å². The number of aryl methyl sites for hydroxylation is 1. The second kappa shape index (κ2) is 3.62. The molecule has 0 aromatic carbocycles. The molecule has 3 N–H and O–H groups in total. The number of hydrogen-bond acceptors (Lipinski definition) is 3. The van der Waals surface area contributed by atoms with Crippen LogP contribution < -0.4 is 5.73 Å². The number of nitrogen functional groups attached to an aromatic ring is 1. The lowest BCUT2D eigenvalue weighted by molar-refractivity contribution is 0.831. The van der Waals surface area contributed by atoms with E-state index in [1.165, 1.54) is 0 Å². The molecule has 0 unspecified atom stereocenters. The molecule has 0 aliphatic heterocycles. The van der Waals surface area contributed by atoms with Crippen LogP contribution in [0.4, 0.5) is 5.95 Å². The number of aromatic nitrogens is 2. The van der Waals surface area contributed by atoms with Crippen molar-refractivity contribution in [1.82, 2.24) is 9.97 Å². The minimum absolute atomic E-state index is 0.442. The second-order valence-corrected chi connectivity index (χ2v) is 2.31. The number of imidazole rings is 1. The van der Waals surface area contributed by atoms with E-state index >= 15 is 0 Å². The van der Waals surface area contributed by atoms with Gasteiger partial charge in [0.05, 0.1) is 12.3 Å². The number of unbranched alkanes of at least 4 members (excludes halogenated alkanes) is 1. The smallest absolute Gasteiger partial charge is 0.197 e. The van der Waals surface area contributed by atoms with Gasteiger partial charge < -0.3 is 10.7 Å². The molecule has 0 fully saturated rings. The van der Waals surface area contributed by atoms with Crippen molar-refractivity contribution in [2.45, 2.75) is 19.3 Å². The molecule has 0 atom stereocenters. The average Bonchev–Trinajstić information content (AvgIpc) is 2.37. The van der Waals surface area contributed by atoms with Gasteiger partial charge in [0, 0.05) is 12.1 Å². The van der Waals surface area contributed by atoms with Crippen LogP contribution in [0.5, 0.6) is 0 Å². The Bertz CT molecular complexity index is 258. The molecule has 0 saturated carbocycles. The number of anilines is 1. The van der Waals surface area contributed by atoms with E-state index < -0.39 is 0 Å². The van der Waals surface area contributed by atoms with Crippen LogP contribution in [0.3, 0.4) is 0 Å². The fourth-order valence-electron chi connectivity index (χ4n) is 0.861. The third-order valence-electron chi connectivity index (χ3n) is 1.38. The van der Waals surface area contributed by atoms with Gasteiger partial charge in [-0.3, -0.25) is 0 Å². The quantitative estimate of drug-likeness (QED) is 0.626. The van der Waals surface area contributed by atoms with Crippen molar-refractivity contribution in [1.29, 1.82) is 5.26 Å². The maximum Gasteiger partial charge on any atom is 0.197 e. The zero-order valence-corrected chi connectivity index (χ0v) is 6.17. The highest BCUT2D eigenvalue weighted by Gasteiger charge is 1.95. The number of nitriles is 1. The zero-order valence-electron chi connectivity index (χ0n) is 6.17. The summed E-state index contributed by atoms with van der Waals surface area (Å²) < 4.78 is 0. The second-order valence-electron chi connectivity index (χ2n) is 2.31. The first-order valence-electron chi connectivity index (χ1n) is 3.49. The largest absolute Gasteiger partial charge is 0.369 e. The van der Waals surface area contributed by atoms with Crippen LogP contribution >= 0.6 is 0 Å². The van der Waals surface area contributed by atoms with E-state index in [0.717, 1.165) is 18.5 Å². The summed E-state index contributed by atoms with van der Waals surface area (Å²) in [5.74, 6) is 0.442. The van der Waals surface area contributed by atoms with E-state index in [-0.39, 0.29) is 0 Å². The highest BCUT2D eigenvalue weighted by molar-refractivity contribution is 5.18. The van der Waals surface area contributed by atoms with E-state index in [1.807, 2.05) is 0 Å². The molecule has 4 nitrogen and oxygen atoms in total. The Morgan fingerprint density at radius 3 is 3.09 bits per heavy atom. The molecular weight excluding hydrogens is 140 g/mol. The summed E-state index contributed by atoms with van der Waals surface area (Å²) in [6.07, 6.45) is 3.99. The number of nitrogens with one attached hydrogen (secondary N) is 1. The lowest BCUT2D eigenvalue weighted by Gasteiger charge is -1.90. The molecule has 0 amide bonds. The molecular formula is C7H10N4. The van der Waals surface area contributed by atoms with Crippen LogP contribution in [0.25, 0.3) is 0 Å². The van der Waals surface area contributed by atoms with E-state index in [1.54, 1.807) is 6.20 Å². The Morgan fingerprint density at radius 1 is 1.73 bits per heavy atom. The number of H-pyrrole nitrogens is 1. The van der Waals surface area contributed by atoms with Crippen LogP contribution in [0.15, 0.2) is 6.20 Å². The van der Waals surface area contributed by atoms with Crippen molar-refractivity contribution in [3.8, 4) is 6.07 Å². The lowest BCUT2D eigenvalue weighted by Crippen LogP contribution is -1.88. The van der Waals surface area contributed by atoms with E-state index in [2.05, 4.69) is 16.0 Å². The van der Waals surface area contributed by atoms with Crippen molar-refractivity contribution in [3.05, 3.63) is 11.9 Å². The van der Waals surface area contributed by atoms with Gasteiger partial charge in [-0.25, -0.2) is 4.98 Å². The zero-order chi connectivity index (χ0) is 8.10.